The minimum Gasteiger partial charge on any atom is -0.294 e. The van der Waals surface area contributed by atoms with E-state index in [0.29, 0.717) is 11.4 Å². The number of halogens is 1. The maximum absolute atomic E-state index is 11.4. The third-order valence-electron chi connectivity index (χ3n) is 2.14. The predicted molar refractivity (Wildman–Crippen MR) is 61.1 cm³/mol. The van der Waals surface area contributed by atoms with E-state index in [1.165, 1.54) is 23.7 Å². The zero-order chi connectivity index (χ0) is 12.4. The first-order valence-electron chi connectivity index (χ1n) is 4.75. The summed E-state index contributed by atoms with van der Waals surface area (Å²) in [6.07, 6.45) is 1.56. The molecule has 0 bridgehead atoms. The summed E-state index contributed by atoms with van der Waals surface area (Å²) in [6.45, 7) is 1.43. The Morgan fingerprint density at radius 1 is 1.47 bits per heavy atom. The average molecular weight is 247 g/mol. The highest BCUT2D eigenvalue weighted by atomic mass is 35.5. The molecule has 0 aromatic carbocycles. The van der Waals surface area contributed by atoms with Gasteiger partial charge in [0.1, 0.15) is 11.2 Å². The van der Waals surface area contributed by atoms with Crippen molar-refractivity contribution >= 4 is 17.4 Å². The lowest BCUT2D eigenvalue weighted by atomic mass is 10.2. The van der Waals surface area contributed by atoms with Crippen LogP contribution >= 0.6 is 11.6 Å². The number of Topliss-reactive ketones (excluding diaryl/α,β-unsaturated/α-hetero) is 1. The molecule has 0 aliphatic rings. The summed E-state index contributed by atoms with van der Waals surface area (Å²) in [5.74, 6) is 0.185. The zero-order valence-corrected chi connectivity index (χ0v) is 9.64. The van der Waals surface area contributed by atoms with Crippen molar-refractivity contribution in [3.8, 4) is 11.9 Å². The zero-order valence-electron chi connectivity index (χ0n) is 8.88. The molecule has 0 N–H and O–H groups in total. The summed E-state index contributed by atoms with van der Waals surface area (Å²) in [5, 5.41) is 12.9. The van der Waals surface area contributed by atoms with Crippen molar-refractivity contribution in [1.82, 2.24) is 14.8 Å². The minimum absolute atomic E-state index is 0.141. The number of ketones is 1. The highest BCUT2D eigenvalue weighted by Crippen LogP contribution is 2.16. The van der Waals surface area contributed by atoms with Gasteiger partial charge >= 0.3 is 0 Å². The Morgan fingerprint density at radius 3 is 2.82 bits per heavy atom. The van der Waals surface area contributed by atoms with E-state index >= 15 is 0 Å². The second kappa shape index (κ2) is 4.36. The van der Waals surface area contributed by atoms with E-state index in [1.54, 1.807) is 12.3 Å². The first-order valence-corrected chi connectivity index (χ1v) is 5.13. The number of nitriles is 1. The van der Waals surface area contributed by atoms with Crippen molar-refractivity contribution < 1.29 is 4.79 Å². The highest BCUT2D eigenvalue weighted by Gasteiger charge is 2.12. The molecular weight excluding hydrogens is 240 g/mol. The van der Waals surface area contributed by atoms with Crippen molar-refractivity contribution in [3.63, 3.8) is 0 Å². The van der Waals surface area contributed by atoms with E-state index in [-0.39, 0.29) is 16.6 Å². The van der Waals surface area contributed by atoms with Crippen molar-refractivity contribution in [1.29, 1.82) is 5.26 Å². The maximum atomic E-state index is 11.4. The predicted octanol–water partition coefficient (Wildman–Crippen LogP) is 1.99. The van der Waals surface area contributed by atoms with Crippen LogP contribution in [0.1, 0.15) is 23.0 Å². The Hall–Kier alpha value is -2.19. The van der Waals surface area contributed by atoms with E-state index in [4.69, 9.17) is 16.9 Å². The Kier molecular flexibility index (Phi) is 2.90. The van der Waals surface area contributed by atoms with E-state index in [0.717, 1.165) is 0 Å². The van der Waals surface area contributed by atoms with Crippen LogP contribution in [0.4, 0.5) is 0 Å². The third-order valence-corrected chi connectivity index (χ3v) is 2.35. The van der Waals surface area contributed by atoms with Crippen molar-refractivity contribution in [2.75, 3.05) is 0 Å². The number of hydrogen-bond acceptors (Lipinski definition) is 4. The first kappa shape index (κ1) is 11.3. The quantitative estimate of drug-likeness (QED) is 0.600. The molecule has 0 spiro atoms. The molecule has 0 saturated carbocycles. The highest BCUT2D eigenvalue weighted by molar-refractivity contribution is 6.29. The number of carbonyl (C=O) groups is 1. The summed E-state index contributed by atoms with van der Waals surface area (Å²) in [5.41, 5.74) is 0.656. The first-order chi connectivity index (χ1) is 8.11. The SMILES string of the molecule is CC(=O)c1ccc(Cl)nc1-n1ccc(C#N)n1. The number of pyridine rings is 1. The van der Waals surface area contributed by atoms with E-state index in [9.17, 15) is 4.79 Å². The molecule has 5 nitrogen and oxygen atoms in total. The Bertz CT molecular complexity index is 627. The van der Waals surface area contributed by atoms with Gasteiger partial charge in [-0.15, -0.1) is 0 Å². The van der Waals surface area contributed by atoms with Crippen LogP contribution in [-0.4, -0.2) is 20.5 Å². The smallest absolute Gasteiger partial charge is 0.165 e. The number of nitrogens with zero attached hydrogens (tertiary/aromatic N) is 4. The van der Waals surface area contributed by atoms with Gasteiger partial charge in [-0.1, -0.05) is 11.6 Å². The van der Waals surface area contributed by atoms with Gasteiger partial charge in [-0.3, -0.25) is 4.79 Å². The van der Waals surface area contributed by atoms with Crippen molar-refractivity contribution in [3.05, 3.63) is 40.8 Å². The van der Waals surface area contributed by atoms with Gasteiger partial charge in [0.05, 0.1) is 5.56 Å². The Labute approximate surface area is 102 Å². The molecule has 6 heteroatoms. The summed E-state index contributed by atoms with van der Waals surface area (Å²) in [6, 6.07) is 6.56. The fourth-order valence-corrected chi connectivity index (χ4v) is 1.52. The molecule has 2 aromatic heterocycles. The lowest BCUT2D eigenvalue weighted by Crippen LogP contribution is -2.07. The van der Waals surface area contributed by atoms with Gasteiger partial charge in [-0.2, -0.15) is 10.4 Å². The summed E-state index contributed by atoms with van der Waals surface area (Å²) >= 11 is 5.78. The fourth-order valence-electron chi connectivity index (χ4n) is 1.38. The normalized spacial score (nSPS) is 9.94. The second-order valence-electron chi connectivity index (χ2n) is 3.32. The molecular formula is C11H7ClN4O. The molecule has 0 fully saturated rings. The lowest BCUT2D eigenvalue weighted by molar-refractivity contribution is 0.101. The van der Waals surface area contributed by atoms with E-state index in [1.807, 2.05) is 6.07 Å². The number of carbonyl (C=O) groups excluding carboxylic acids is 1. The fraction of sp³-hybridized carbons (Fsp3) is 0.0909. The van der Waals surface area contributed by atoms with Gasteiger partial charge in [-0.25, -0.2) is 9.67 Å². The van der Waals surface area contributed by atoms with Crippen LogP contribution in [0.3, 0.4) is 0 Å². The van der Waals surface area contributed by atoms with Crippen molar-refractivity contribution in [2.24, 2.45) is 0 Å². The Morgan fingerprint density at radius 2 is 2.24 bits per heavy atom. The van der Waals surface area contributed by atoms with Gasteiger partial charge in [-0.05, 0) is 25.1 Å². The van der Waals surface area contributed by atoms with Crippen LogP contribution in [0.15, 0.2) is 24.4 Å². The molecule has 84 valence electrons. The van der Waals surface area contributed by atoms with Gasteiger partial charge in [0.15, 0.2) is 17.3 Å². The summed E-state index contributed by atoms with van der Waals surface area (Å²) in [7, 11) is 0. The minimum atomic E-state index is -0.141. The molecule has 0 aliphatic carbocycles. The van der Waals surface area contributed by atoms with Crippen LogP contribution in [-0.2, 0) is 0 Å². The third kappa shape index (κ3) is 2.17. The van der Waals surface area contributed by atoms with Gasteiger partial charge in [0.25, 0.3) is 0 Å². The van der Waals surface area contributed by atoms with Crippen LogP contribution in [0.25, 0.3) is 5.82 Å². The van der Waals surface area contributed by atoms with Gasteiger partial charge in [0, 0.05) is 6.20 Å². The largest absolute Gasteiger partial charge is 0.294 e. The molecule has 0 radical (unpaired) electrons. The number of aromatic nitrogens is 3. The molecule has 0 amide bonds. The van der Waals surface area contributed by atoms with Crippen LogP contribution in [0.2, 0.25) is 5.15 Å². The van der Waals surface area contributed by atoms with Gasteiger partial charge < -0.3 is 0 Å². The van der Waals surface area contributed by atoms with Crippen LogP contribution < -0.4 is 0 Å². The molecule has 2 rings (SSSR count). The lowest BCUT2D eigenvalue weighted by Gasteiger charge is -2.05. The number of rotatable bonds is 2. The van der Waals surface area contributed by atoms with E-state index in [2.05, 4.69) is 10.1 Å². The molecule has 2 aromatic rings. The van der Waals surface area contributed by atoms with Crippen LogP contribution in [0.5, 0.6) is 0 Å². The topological polar surface area (TPSA) is 71.6 Å². The average Bonchev–Trinajstić information content (AvgIpc) is 2.76. The van der Waals surface area contributed by atoms with Crippen LogP contribution in [0, 0.1) is 11.3 Å². The standard InChI is InChI=1S/C11H7ClN4O/c1-7(17)9-2-3-10(12)14-11(9)16-5-4-8(6-13)15-16/h2-5H,1H3. The molecule has 0 atom stereocenters. The monoisotopic (exact) mass is 246 g/mol. The summed E-state index contributed by atoms with van der Waals surface area (Å²) < 4.78 is 1.36. The molecule has 0 aliphatic heterocycles. The molecule has 0 saturated heterocycles. The molecule has 17 heavy (non-hydrogen) atoms. The summed E-state index contributed by atoms with van der Waals surface area (Å²) in [4.78, 5) is 15.5. The van der Waals surface area contributed by atoms with Crippen molar-refractivity contribution in [2.45, 2.75) is 6.92 Å². The number of hydrogen-bond donors (Lipinski definition) is 0. The second-order valence-corrected chi connectivity index (χ2v) is 3.71. The maximum Gasteiger partial charge on any atom is 0.165 e. The van der Waals surface area contributed by atoms with E-state index < -0.39 is 0 Å². The molecule has 0 unspecified atom stereocenters. The van der Waals surface area contributed by atoms with Gasteiger partial charge in [0.2, 0.25) is 0 Å². The Balaban J connectivity index is 2.61. The molecule has 2 heterocycles.